The summed E-state index contributed by atoms with van der Waals surface area (Å²) < 4.78 is 5.48. The number of halogens is 1. The quantitative estimate of drug-likeness (QED) is 0.158. The molecule has 0 saturated heterocycles. The molecule has 35 heavy (non-hydrogen) atoms. The molecular formula is C25H21ClN4O5. The highest BCUT2D eigenvalue weighted by Crippen LogP contribution is 2.22. The Bertz CT molecular complexity index is 1310. The molecule has 0 saturated carbocycles. The maximum absolute atomic E-state index is 12.5. The number of para-hydroxylation sites is 1. The van der Waals surface area contributed by atoms with Crippen molar-refractivity contribution in [3.05, 3.63) is 88.9 Å². The monoisotopic (exact) mass is 492 g/mol. The average Bonchev–Trinajstić information content (AvgIpc) is 2.83. The smallest absolute Gasteiger partial charge is 0.345 e. The van der Waals surface area contributed by atoms with E-state index in [1.807, 2.05) is 0 Å². The number of carbonyl (C=O) groups excluding carboxylic acids is 4. The van der Waals surface area contributed by atoms with Gasteiger partial charge in [-0.2, -0.15) is 5.10 Å². The van der Waals surface area contributed by atoms with Crippen LogP contribution in [0.5, 0.6) is 5.75 Å². The van der Waals surface area contributed by atoms with Crippen molar-refractivity contribution in [2.45, 2.75) is 13.8 Å². The zero-order valence-corrected chi connectivity index (χ0v) is 19.6. The highest BCUT2D eigenvalue weighted by atomic mass is 35.5. The highest BCUT2D eigenvalue weighted by molar-refractivity contribution is 6.39. The molecule has 10 heteroatoms. The summed E-state index contributed by atoms with van der Waals surface area (Å²) in [5.74, 6) is -2.61. The SMILES string of the molecule is CC(=O)Nc1ccc(NC(=O)C(=O)N/N=C(\C)c2ccccc2OC(=O)c2ccccc2Cl)cc1. The van der Waals surface area contributed by atoms with Crippen molar-refractivity contribution in [3.8, 4) is 5.75 Å². The van der Waals surface area contributed by atoms with Gasteiger partial charge in [-0.1, -0.05) is 35.9 Å². The summed E-state index contributed by atoms with van der Waals surface area (Å²) in [4.78, 5) is 48.0. The number of hydrazone groups is 1. The molecule has 0 heterocycles. The van der Waals surface area contributed by atoms with Crippen molar-refractivity contribution < 1.29 is 23.9 Å². The first kappa shape index (κ1) is 25.1. The van der Waals surface area contributed by atoms with Crippen LogP contribution >= 0.6 is 11.6 Å². The van der Waals surface area contributed by atoms with E-state index in [9.17, 15) is 19.2 Å². The van der Waals surface area contributed by atoms with Crippen LogP contribution in [0.25, 0.3) is 0 Å². The van der Waals surface area contributed by atoms with E-state index in [2.05, 4.69) is 21.2 Å². The summed E-state index contributed by atoms with van der Waals surface area (Å²) in [7, 11) is 0. The van der Waals surface area contributed by atoms with Gasteiger partial charge >= 0.3 is 17.8 Å². The summed E-state index contributed by atoms with van der Waals surface area (Å²) in [6.07, 6.45) is 0. The molecule has 3 N–H and O–H groups in total. The van der Waals surface area contributed by atoms with Crippen molar-refractivity contribution in [2.24, 2.45) is 5.10 Å². The molecule has 3 amide bonds. The zero-order chi connectivity index (χ0) is 25.4. The van der Waals surface area contributed by atoms with Crippen molar-refractivity contribution in [3.63, 3.8) is 0 Å². The second-order valence-electron chi connectivity index (χ2n) is 7.22. The van der Waals surface area contributed by atoms with E-state index in [1.165, 1.54) is 19.1 Å². The molecule has 0 aliphatic rings. The van der Waals surface area contributed by atoms with Crippen molar-refractivity contribution >= 4 is 52.4 Å². The molecule has 3 rings (SSSR count). The molecule has 0 fully saturated rings. The Hall–Kier alpha value is -4.50. The van der Waals surface area contributed by atoms with Crippen LogP contribution in [0.2, 0.25) is 5.02 Å². The van der Waals surface area contributed by atoms with Crippen LogP contribution in [0.15, 0.2) is 77.9 Å². The normalized spacial score (nSPS) is 10.8. The average molecular weight is 493 g/mol. The summed E-state index contributed by atoms with van der Waals surface area (Å²) in [6.45, 7) is 2.96. The highest BCUT2D eigenvalue weighted by Gasteiger charge is 2.17. The number of ether oxygens (including phenoxy) is 1. The van der Waals surface area contributed by atoms with Crippen LogP contribution in [0.3, 0.4) is 0 Å². The van der Waals surface area contributed by atoms with Crippen LogP contribution in [-0.2, 0) is 14.4 Å². The summed E-state index contributed by atoms with van der Waals surface area (Å²) in [6, 6.07) is 19.3. The molecule has 0 radical (unpaired) electrons. The number of rotatable bonds is 6. The second kappa shape index (κ2) is 11.6. The number of amides is 3. The minimum absolute atomic E-state index is 0.202. The van der Waals surface area contributed by atoms with Gasteiger partial charge in [0.2, 0.25) is 5.91 Å². The lowest BCUT2D eigenvalue weighted by molar-refractivity contribution is -0.136. The van der Waals surface area contributed by atoms with E-state index in [0.29, 0.717) is 22.6 Å². The van der Waals surface area contributed by atoms with Gasteiger partial charge in [0.1, 0.15) is 5.75 Å². The topological polar surface area (TPSA) is 126 Å². The number of anilines is 2. The second-order valence-corrected chi connectivity index (χ2v) is 7.62. The molecule has 3 aromatic carbocycles. The minimum Gasteiger partial charge on any atom is -0.422 e. The predicted octanol–water partition coefficient (Wildman–Crippen LogP) is 4.00. The maximum atomic E-state index is 12.5. The Balaban J connectivity index is 1.65. The van der Waals surface area contributed by atoms with Gasteiger partial charge in [0.25, 0.3) is 0 Å². The number of esters is 1. The maximum Gasteiger partial charge on any atom is 0.345 e. The van der Waals surface area contributed by atoms with Gasteiger partial charge in [-0.15, -0.1) is 0 Å². The van der Waals surface area contributed by atoms with Crippen LogP contribution in [0, 0.1) is 0 Å². The van der Waals surface area contributed by atoms with Gasteiger partial charge in [-0.25, -0.2) is 10.2 Å². The molecule has 0 aliphatic heterocycles. The van der Waals surface area contributed by atoms with Gasteiger partial charge in [0.15, 0.2) is 0 Å². The fourth-order valence-electron chi connectivity index (χ4n) is 2.91. The molecule has 178 valence electrons. The predicted molar refractivity (Wildman–Crippen MR) is 133 cm³/mol. The van der Waals surface area contributed by atoms with Crippen molar-refractivity contribution in [2.75, 3.05) is 10.6 Å². The van der Waals surface area contributed by atoms with E-state index < -0.39 is 17.8 Å². The van der Waals surface area contributed by atoms with Gasteiger partial charge in [0.05, 0.1) is 16.3 Å². The summed E-state index contributed by atoms with van der Waals surface area (Å²) >= 11 is 6.06. The molecule has 3 aromatic rings. The molecule has 0 unspecified atom stereocenters. The fourth-order valence-corrected chi connectivity index (χ4v) is 3.12. The number of benzene rings is 3. The van der Waals surface area contributed by atoms with E-state index >= 15 is 0 Å². The molecule has 9 nitrogen and oxygen atoms in total. The van der Waals surface area contributed by atoms with Gasteiger partial charge in [-0.05, 0) is 55.5 Å². The third-order valence-corrected chi connectivity index (χ3v) is 4.90. The van der Waals surface area contributed by atoms with Crippen LogP contribution < -0.4 is 20.8 Å². The van der Waals surface area contributed by atoms with E-state index in [4.69, 9.17) is 16.3 Å². The molecule has 0 spiro atoms. The van der Waals surface area contributed by atoms with Gasteiger partial charge in [-0.3, -0.25) is 14.4 Å². The number of hydrogen-bond donors (Lipinski definition) is 3. The first-order valence-corrected chi connectivity index (χ1v) is 10.7. The van der Waals surface area contributed by atoms with Crippen molar-refractivity contribution in [1.29, 1.82) is 0 Å². The Morgan fingerprint density at radius 3 is 1.94 bits per heavy atom. The lowest BCUT2D eigenvalue weighted by Gasteiger charge is -2.11. The third-order valence-electron chi connectivity index (χ3n) is 4.57. The Morgan fingerprint density at radius 2 is 1.31 bits per heavy atom. The van der Waals surface area contributed by atoms with Crippen molar-refractivity contribution in [1.82, 2.24) is 5.43 Å². The molecule has 0 aromatic heterocycles. The number of nitrogens with one attached hydrogen (secondary N) is 3. The fraction of sp³-hybridized carbons (Fsp3) is 0.0800. The first-order valence-electron chi connectivity index (χ1n) is 10.3. The molecule has 0 aliphatic carbocycles. The molecule has 0 atom stereocenters. The van der Waals surface area contributed by atoms with Gasteiger partial charge in [0, 0.05) is 23.9 Å². The summed E-state index contributed by atoms with van der Waals surface area (Å²) in [5.41, 5.74) is 4.02. The minimum atomic E-state index is -0.999. The lowest BCUT2D eigenvalue weighted by Crippen LogP contribution is -2.33. The van der Waals surface area contributed by atoms with E-state index in [-0.39, 0.29) is 22.2 Å². The van der Waals surface area contributed by atoms with E-state index in [1.54, 1.807) is 67.6 Å². The Kier molecular flexibility index (Phi) is 8.31. The largest absolute Gasteiger partial charge is 0.422 e. The lowest BCUT2D eigenvalue weighted by atomic mass is 10.1. The number of nitrogens with zero attached hydrogens (tertiary/aromatic N) is 1. The third kappa shape index (κ3) is 6.99. The van der Waals surface area contributed by atoms with Crippen LogP contribution in [-0.4, -0.2) is 29.4 Å². The number of carbonyl (C=O) groups is 4. The number of hydrogen-bond acceptors (Lipinski definition) is 6. The Labute approximate surface area is 206 Å². The Morgan fingerprint density at radius 1 is 0.743 bits per heavy atom. The first-order chi connectivity index (χ1) is 16.7. The van der Waals surface area contributed by atoms with Crippen LogP contribution in [0.4, 0.5) is 11.4 Å². The molecular weight excluding hydrogens is 472 g/mol. The zero-order valence-electron chi connectivity index (χ0n) is 18.8. The summed E-state index contributed by atoms with van der Waals surface area (Å²) in [5, 5.41) is 9.24. The van der Waals surface area contributed by atoms with E-state index in [0.717, 1.165) is 0 Å². The van der Waals surface area contributed by atoms with Crippen LogP contribution in [0.1, 0.15) is 29.8 Å². The van der Waals surface area contributed by atoms with Gasteiger partial charge < -0.3 is 15.4 Å². The molecule has 0 bridgehead atoms. The standard InChI is InChI=1S/C25H21ClN4O5/c1-15(19-7-4-6-10-22(19)35-25(34)20-8-3-5-9-21(20)26)29-30-24(33)23(32)28-18-13-11-17(12-14-18)27-16(2)31/h3-14H,1-2H3,(H,27,31)(H,28,32)(H,30,33)/b29-15+.